The van der Waals surface area contributed by atoms with Crippen LogP contribution in [0.2, 0.25) is 5.02 Å². The van der Waals surface area contributed by atoms with Crippen LogP contribution in [0.5, 0.6) is 5.75 Å². The van der Waals surface area contributed by atoms with Crippen molar-refractivity contribution in [3.63, 3.8) is 0 Å². The number of nitrogens with one attached hydrogen (secondary N) is 1. The molecule has 1 amide bonds. The Labute approximate surface area is 161 Å². The molecule has 1 N–H and O–H groups in total. The quantitative estimate of drug-likeness (QED) is 0.640. The number of carbonyl (C=O) groups excluding carboxylic acids is 1. The number of aromatic nitrogens is 2. The number of hydrogen-bond acceptors (Lipinski definition) is 4. The van der Waals surface area contributed by atoms with Crippen molar-refractivity contribution in [2.45, 2.75) is 33.9 Å². The molecule has 2 heterocycles. The van der Waals surface area contributed by atoms with Gasteiger partial charge in [0, 0.05) is 28.9 Å². The van der Waals surface area contributed by atoms with Gasteiger partial charge in [0.15, 0.2) is 5.82 Å². The Hall–Kier alpha value is -2.31. The normalized spacial score (nSPS) is 10.8. The van der Waals surface area contributed by atoms with Gasteiger partial charge in [-0.05, 0) is 56.0 Å². The number of nitrogens with zero attached hydrogens (tertiary/aromatic N) is 2. The van der Waals surface area contributed by atoms with Crippen LogP contribution >= 0.6 is 22.9 Å². The van der Waals surface area contributed by atoms with Crippen LogP contribution in [0.15, 0.2) is 35.7 Å². The zero-order chi connectivity index (χ0) is 18.7. The topological polar surface area (TPSA) is 56.2 Å². The molecular formula is C19H20ClN3O2S. The lowest BCUT2D eigenvalue weighted by Crippen LogP contribution is -2.11. The van der Waals surface area contributed by atoms with E-state index in [0.29, 0.717) is 22.3 Å². The first-order valence-electron chi connectivity index (χ1n) is 8.28. The highest BCUT2D eigenvalue weighted by atomic mass is 35.5. The second kappa shape index (κ2) is 7.93. The molecule has 1 aromatic carbocycles. The molecule has 136 valence electrons. The summed E-state index contributed by atoms with van der Waals surface area (Å²) in [7, 11) is 0. The number of carbonyl (C=O) groups is 1. The lowest BCUT2D eigenvalue weighted by molar-refractivity contribution is 0.103. The van der Waals surface area contributed by atoms with E-state index in [1.807, 2.05) is 61.2 Å². The van der Waals surface area contributed by atoms with E-state index < -0.39 is 0 Å². The van der Waals surface area contributed by atoms with Gasteiger partial charge in [0.1, 0.15) is 12.4 Å². The Balaban J connectivity index is 1.61. The Morgan fingerprint density at radius 1 is 1.31 bits per heavy atom. The van der Waals surface area contributed by atoms with Crippen LogP contribution in [0.4, 0.5) is 5.82 Å². The summed E-state index contributed by atoms with van der Waals surface area (Å²) in [5, 5.41) is 9.82. The minimum absolute atomic E-state index is 0.163. The predicted molar refractivity (Wildman–Crippen MR) is 105 cm³/mol. The lowest BCUT2D eigenvalue weighted by atomic mass is 10.2. The van der Waals surface area contributed by atoms with Crippen molar-refractivity contribution in [1.29, 1.82) is 0 Å². The largest absolute Gasteiger partial charge is 0.489 e. The standard InChI is InChI=1S/C19H20ClN3O2S/c1-4-23-13(3)8-18(22-23)21-19(24)17-9-14(11-26-17)10-25-15-5-6-16(20)12(2)7-15/h5-9,11H,4,10H2,1-3H3,(H,21,22,24). The summed E-state index contributed by atoms with van der Waals surface area (Å²) in [5.74, 6) is 1.16. The van der Waals surface area contributed by atoms with Gasteiger partial charge in [0.25, 0.3) is 5.91 Å². The van der Waals surface area contributed by atoms with Crippen molar-refractivity contribution in [1.82, 2.24) is 9.78 Å². The first-order valence-corrected chi connectivity index (χ1v) is 9.54. The first kappa shape index (κ1) is 18.5. The van der Waals surface area contributed by atoms with Gasteiger partial charge in [0.2, 0.25) is 0 Å². The first-order chi connectivity index (χ1) is 12.5. The van der Waals surface area contributed by atoms with Crippen molar-refractivity contribution in [2.24, 2.45) is 0 Å². The average molecular weight is 390 g/mol. The van der Waals surface area contributed by atoms with Gasteiger partial charge in [-0.15, -0.1) is 11.3 Å². The Morgan fingerprint density at radius 2 is 2.12 bits per heavy atom. The number of benzene rings is 1. The van der Waals surface area contributed by atoms with Crippen LogP contribution < -0.4 is 10.1 Å². The monoisotopic (exact) mass is 389 g/mol. The van der Waals surface area contributed by atoms with E-state index in [1.54, 1.807) is 0 Å². The number of amides is 1. The molecule has 0 saturated carbocycles. The molecule has 3 aromatic rings. The maximum absolute atomic E-state index is 12.4. The molecule has 0 aliphatic rings. The van der Waals surface area contributed by atoms with Crippen molar-refractivity contribution >= 4 is 34.7 Å². The Kier molecular flexibility index (Phi) is 5.64. The molecule has 2 aromatic heterocycles. The zero-order valence-corrected chi connectivity index (χ0v) is 16.4. The lowest BCUT2D eigenvalue weighted by Gasteiger charge is -2.06. The van der Waals surface area contributed by atoms with E-state index in [9.17, 15) is 4.79 Å². The van der Waals surface area contributed by atoms with Crippen LogP contribution in [0.1, 0.15) is 33.4 Å². The minimum Gasteiger partial charge on any atom is -0.489 e. The average Bonchev–Trinajstić information content (AvgIpc) is 3.22. The van der Waals surface area contributed by atoms with Gasteiger partial charge in [-0.1, -0.05) is 11.6 Å². The molecule has 0 aliphatic heterocycles. The number of thiophene rings is 1. The third-order valence-corrected chi connectivity index (χ3v) is 5.34. The van der Waals surface area contributed by atoms with Gasteiger partial charge >= 0.3 is 0 Å². The summed E-state index contributed by atoms with van der Waals surface area (Å²) >= 11 is 7.40. The van der Waals surface area contributed by atoms with Gasteiger partial charge in [-0.2, -0.15) is 5.10 Å². The fraction of sp³-hybridized carbons (Fsp3) is 0.263. The molecule has 0 aliphatic carbocycles. The summed E-state index contributed by atoms with van der Waals surface area (Å²) in [4.78, 5) is 13.0. The number of aryl methyl sites for hydroxylation is 3. The molecular weight excluding hydrogens is 370 g/mol. The van der Waals surface area contributed by atoms with Crippen LogP contribution in [0.3, 0.4) is 0 Å². The number of hydrogen-bond donors (Lipinski definition) is 1. The molecule has 0 atom stereocenters. The smallest absolute Gasteiger partial charge is 0.266 e. The van der Waals surface area contributed by atoms with Crippen molar-refractivity contribution < 1.29 is 9.53 Å². The number of anilines is 1. The van der Waals surface area contributed by atoms with Crippen molar-refractivity contribution in [3.05, 3.63) is 62.4 Å². The van der Waals surface area contributed by atoms with Gasteiger partial charge in [0.05, 0.1) is 4.88 Å². The van der Waals surface area contributed by atoms with Crippen LogP contribution in [0.25, 0.3) is 0 Å². The van der Waals surface area contributed by atoms with Gasteiger partial charge < -0.3 is 10.1 Å². The summed E-state index contributed by atoms with van der Waals surface area (Å²) in [5.41, 5.74) is 2.93. The van der Waals surface area contributed by atoms with Gasteiger partial charge in [-0.3, -0.25) is 9.48 Å². The van der Waals surface area contributed by atoms with Crippen molar-refractivity contribution in [3.8, 4) is 5.75 Å². The van der Waals surface area contributed by atoms with Gasteiger partial charge in [-0.25, -0.2) is 0 Å². The van der Waals surface area contributed by atoms with Crippen LogP contribution in [0, 0.1) is 13.8 Å². The molecule has 7 heteroatoms. The van der Waals surface area contributed by atoms with E-state index in [0.717, 1.165) is 29.1 Å². The van der Waals surface area contributed by atoms with Crippen LogP contribution in [-0.4, -0.2) is 15.7 Å². The third kappa shape index (κ3) is 4.26. The van der Waals surface area contributed by atoms with E-state index in [4.69, 9.17) is 16.3 Å². The minimum atomic E-state index is -0.163. The Morgan fingerprint density at radius 3 is 2.81 bits per heavy atom. The number of rotatable bonds is 6. The molecule has 5 nitrogen and oxygen atoms in total. The highest BCUT2D eigenvalue weighted by Crippen LogP contribution is 2.23. The molecule has 0 bridgehead atoms. The molecule has 0 fully saturated rings. The maximum atomic E-state index is 12.4. The summed E-state index contributed by atoms with van der Waals surface area (Å²) < 4.78 is 7.62. The number of halogens is 1. The van der Waals surface area contributed by atoms with Crippen molar-refractivity contribution in [2.75, 3.05) is 5.32 Å². The SMILES string of the molecule is CCn1nc(NC(=O)c2cc(COc3ccc(Cl)c(C)c3)cs2)cc1C. The van der Waals surface area contributed by atoms with Crippen LogP contribution in [-0.2, 0) is 13.2 Å². The van der Waals surface area contributed by atoms with E-state index in [2.05, 4.69) is 10.4 Å². The summed E-state index contributed by atoms with van der Waals surface area (Å²) in [6, 6.07) is 9.25. The molecule has 3 rings (SSSR count). The molecule has 26 heavy (non-hydrogen) atoms. The highest BCUT2D eigenvalue weighted by molar-refractivity contribution is 7.12. The highest BCUT2D eigenvalue weighted by Gasteiger charge is 2.12. The molecule has 0 unspecified atom stereocenters. The number of ether oxygens (including phenoxy) is 1. The summed E-state index contributed by atoms with van der Waals surface area (Å²) in [6.07, 6.45) is 0. The summed E-state index contributed by atoms with van der Waals surface area (Å²) in [6.45, 7) is 7.08. The maximum Gasteiger partial charge on any atom is 0.266 e. The fourth-order valence-corrected chi connectivity index (χ4v) is 3.42. The van der Waals surface area contributed by atoms with E-state index >= 15 is 0 Å². The molecule has 0 saturated heterocycles. The second-order valence-electron chi connectivity index (χ2n) is 5.96. The third-order valence-electron chi connectivity index (χ3n) is 3.93. The predicted octanol–water partition coefficient (Wildman–Crippen LogP) is 5.07. The fourth-order valence-electron chi connectivity index (χ4n) is 2.51. The van der Waals surface area contributed by atoms with E-state index in [1.165, 1.54) is 11.3 Å². The zero-order valence-electron chi connectivity index (χ0n) is 14.9. The molecule has 0 spiro atoms. The molecule has 0 radical (unpaired) electrons. The van der Waals surface area contributed by atoms with E-state index in [-0.39, 0.29) is 5.91 Å². The Bertz CT molecular complexity index is 933. The second-order valence-corrected chi connectivity index (χ2v) is 7.28.